The number of carbonyl (C=O) groups is 1. The second-order valence-electron chi connectivity index (χ2n) is 5.81. The van der Waals surface area contributed by atoms with Crippen LogP contribution in [0.5, 0.6) is 0 Å². The molecule has 0 N–H and O–H groups in total. The van der Waals surface area contributed by atoms with Crippen molar-refractivity contribution in [3.8, 4) is 0 Å². The van der Waals surface area contributed by atoms with Gasteiger partial charge >= 0.3 is 0 Å². The van der Waals surface area contributed by atoms with Crippen LogP contribution in [0.1, 0.15) is 44.6 Å². The van der Waals surface area contributed by atoms with Crippen LogP contribution in [-0.4, -0.2) is 16.0 Å². The number of anilines is 1. The number of hydrogen-bond donors (Lipinski definition) is 0. The van der Waals surface area contributed by atoms with Crippen molar-refractivity contribution in [2.24, 2.45) is 0 Å². The molecule has 2 fully saturated rings. The minimum absolute atomic E-state index is 0.00454. The lowest BCUT2D eigenvalue weighted by Crippen LogP contribution is -2.47. The Morgan fingerprint density at radius 3 is 2.68 bits per heavy atom. The first-order chi connectivity index (χ1) is 9.12. The Morgan fingerprint density at radius 2 is 2.00 bits per heavy atom. The molecular formula is C16H21NOS. The van der Waals surface area contributed by atoms with E-state index < -0.39 is 0 Å². The lowest BCUT2D eigenvalue weighted by Gasteiger charge is -2.42. The fourth-order valence-corrected chi connectivity index (χ4v) is 4.97. The third kappa shape index (κ3) is 2.18. The monoisotopic (exact) mass is 275 g/mol. The lowest BCUT2D eigenvalue weighted by molar-refractivity contribution is -0.111. The molecule has 0 aromatic heterocycles. The van der Waals surface area contributed by atoms with Gasteiger partial charge in [-0.05, 0) is 44.4 Å². The molecule has 19 heavy (non-hydrogen) atoms. The highest BCUT2D eigenvalue weighted by Gasteiger charge is 2.50. The van der Waals surface area contributed by atoms with E-state index in [9.17, 15) is 4.79 Å². The van der Waals surface area contributed by atoms with Crippen molar-refractivity contribution in [3.05, 3.63) is 29.8 Å². The standard InChI is InChI=1S/C16H21NOS/c1-12-7-6-8-14(11-12)17-13(2)15(18)19-16(17)9-4-3-5-10-16/h6-8,11,13H,3-5,9-10H2,1-2H3/t13-/m0/s1. The molecule has 0 bridgehead atoms. The van der Waals surface area contributed by atoms with E-state index in [-0.39, 0.29) is 10.9 Å². The summed E-state index contributed by atoms with van der Waals surface area (Å²) in [7, 11) is 0. The van der Waals surface area contributed by atoms with Crippen LogP contribution < -0.4 is 4.90 Å². The second kappa shape index (κ2) is 4.86. The molecule has 1 aliphatic heterocycles. The zero-order chi connectivity index (χ0) is 13.5. The summed E-state index contributed by atoms with van der Waals surface area (Å²) in [6, 6.07) is 8.59. The van der Waals surface area contributed by atoms with Crippen molar-refractivity contribution in [2.75, 3.05) is 4.90 Å². The second-order valence-corrected chi connectivity index (χ2v) is 7.18. The predicted molar refractivity (Wildman–Crippen MR) is 81.5 cm³/mol. The van der Waals surface area contributed by atoms with Gasteiger partial charge in [0.1, 0.15) is 0 Å². The van der Waals surface area contributed by atoms with Crippen molar-refractivity contribution in [1.82, 2.24) is 0 Å². The summed E-state index contributed by atoms with van der Waals surface area (Å²) in [5.74, 6) is 0. The molecule has 1 heterocycles. The highest BCUT2D eigenvalue weighted by atomic mass is 32.2. The van der Waals surface area contributed by atoms with Gasteiger partial charge in [-0.1, -0.05) is 43.2 Å². The molecule has 2 nitrogen and oxygen atoms in total. The average molecular weight is 275 g/mol. The van der Waals surface area contributed by atoms with E-state index in [0.29, 0.717) is 5.12 Å². The maximum absolute atomic E-state index is 12.2. The Balaban J connectivity index is 2.02. The number of aryl methyl sites for hydroxylation is 1. The summed E-state index contributed by atoms with van der Waals surface area (Å²) in [6.45, 7) is 4.17. The van der Waals surface area contributed by atoms with Gasteiger partial charge in [0.05, 0.1) is 10.9 Å². The van der Waals surface area contributed by atoms with Crippen LogP contribution in [0.15, 0.2) is 24.3 Å². The van der Waals surface area contributed by atoms with Crippen LogP contribution in [0.3, 0.4) is 0 Å². The minimum atomic E-state index is 0.00454. The largest absolute Gasteiger partial charge is 0.346 e. The van der Waals surface area contributed by atoms with Crippen LogP contribution in [0.25, 0.3) is 0 Å². The number of benzene rings is 1. The Hall–Kier alpha value is -0.960. The lowest BCUT2D eigenvalue weighted by atomic mass is 9.92. The molecule has 1 aromatic carbocycles. The van der Waals surface area contributed by atoms with E-state index in [2.05, 4.69) is 43.0 Å². The first-order valence-corrected chi connectivity index (χ1v) is 8.03. The van der Waals surface area contributed by atoms with Gasteiger partial charge in [-0.2, -0.15) is 0 Å². The van der Waals surface area contributed by atoms with Gasteiger partial charge in [-0.3, -0.25) is 4.79 Å². The van der Waals surface area contributed by atoms with Gasteiger partial charge in [0.25, 0.3) is 0 Å². The Kier molecular flexibility index (Phi) is 3.34. The first-order valence-electron chi connectivity index (χ1n) is 7.21. The van der Waals surface area contributed by atoms with Gasteiger partial charge in [-0.15, -0.1) is 0 Å². The third-order valence-corrected chi connectivity index (χ3v) is 5.90. The molecule has 1 spiro atoms. The van der Waals surface area contributed by atoms with Gasteiger partial charge in [0, 0.05) is 5.69 Å². The zero-order valence-corrected chi connectivity index (χ0v) is 12.5. The molecule has 1 aliphatic carbocycles. The highest BCUT2D eigenvalue weighted by Crippen LogP contribution is 2.51. The SMILES string of the molecule is Cc1cccc(N2[C@@H](C)C(=O)SC23CCCCC3)c1. The summed E-state index contributed by atoms with van der Waals surface area (Å²) in [4.78, 5) is 14.7. The van der Waals surface area contributed by atoms with E-state index in [1.807, 2.05) is 0 Å². The fraction of sp³-hybridized carbons (Fsp3) is 0.562. The number of thioether (sulfide) groups is 1. The van der Waals surface area contributed by atoms with E-state index >= 15 is 0 Å². The third-order valence-electron chi connectivity index (χ3n) is 4.37. The van der Waals surface area contributed by atoms with Crippen LogP contribution >= 0.6 is 11.8 Å². The smallest absolute Gasteiger partial charge is 0.213 e. The number of carbonyl (C=O) groups excluding carboxylic acids is 1. The van der Waals surface area contributed by atoms with Crippen LogP contribution in [-0.2, 0) is 4.79 Å². The average Bonchev–Trinajstić information content (AvgIpc) is 2.62. The molecule has 0 unspecified atom stereocenters. The zero-order valence-electron chi connectivity index (χ0n) is 11.7. The van der Waals surface area contributed by atoms with Crippen LogP contribution in [0.2, 0.25) is 0 Å². The van der Waals surface area contributed by atoms with Crippen molar-refractivity contribution in [3.63, 3.8) is 0 Å². The van der Waals surface area contributed by atoms with E-state index in [1.165, 1.54) is 30.5 Å². The Bertz CT molecular complexity index is 493. The van der Waals surface area contributed by atoms with Gasteiger partial charge in [0.15, 0.2) is 0 Å². The maximum Gasteiger partial charge on any atom is 0.213 e. The molecular weight excluding hydrogens is 254 g/mol. The summed E-state index contributed by atoms with van der Waals surface area (Å²) in [5.41, 5.74) is 2.48. The topological polar surface area (TPSA) is 20.3 Å². The molecule has 3 rings (SSSR count). The van der Waals surface area contributed by atoms with Gasteiger partial charge in [0.2, 0.25) is 5.12 Å². The van der Waals surface area contributed by atoms with Gasteiger partial charge < -0.3 is 4.90 Å². The molecule has 1 aromatic rings. The molecule has 1 saturated heterocycles. The molecule has 1 saturated carbocycles. The minimum Gasteiger partial charge on any atom is -0.346 e. The van der Waals surface area contributed by atoms with Crippen molar-refractivity contribution in [2.45, 2.75) is 56.9 Å². The normalized spacial score (nSPS) is 26.1. The van der Waals surface area contributed by atoms with E-state index in [4.69, 9.17) is 0 Å². The molecule has 0 amide bonds. The number of rotatable bonds is 1. The Labute approximate surface area is 119 Å². The van der Waals surface area contributed by atoms with E-state index in [0.717, 1.165) is 12.8 Å². The molecule has 0 radical (unpaired) electrons. The molecule has 1 atom stereocenters. The Morgan fingerprint density at radius 1 is 1.26 bits per heavy atom. The quantitative estimate of drug-likeness (QED) is 0.769. The first kappa shape index (κ1) is 13.0. The summed E-state index contributed by atoms with van der Waals surface area (Å²) < 4.78 is 0. The van der Waals surface area contributed by atoms with Crippen LogP contribution in [0, 0.1) is 6.92 Å². The summed E-state index contributed by atoms with van der Waals surface area (Å²) in [6.07, 6.45) is 6.08. The fourth-order valence-electron chi connectivity index (χ4n) is 3.46. The summed E-state index contributed by atoms with van der Waals surface area (Å²) >= 11 is 1.59. The van der Waals surface area contributed by atoms with Crippen LogP contribution in [0.4, 0.5) is 5.69 Å². The highest BCUT2D eigenvalue weighted by molar-refractivity contribution is 8.15. The predicted octanol–water partition coefficient (Wildman–Crippen LogP) is 4.12. The van der Waals surface area contributed by atoms with Crippen molar-refractivity contribution < 1.29 is 4.79 Å². The molecule has 3 heteroatoms. The van der Waals surface area contributed by atoms with Gasteiger partial charge in [-0.25, -0.2) is 0 Å². The number of hydrogen-bond acceptors (Lipinski definition) is 3. The molecule has 2 aliphatic rings. The van der Waals surface area contributed by atoms with Crippen molar-refractivity contribution in [1.29, 1.82) is 0 Å². The molecule has 102 valence electrons. The van der Waals surface area contributed by atoms with E-state index in [1.54, 1.807) is 11.8 Å². The maximum atomic E-state index is 12.2. The number of nitrogens with zero attached hydrogens (tertiary/aromatic N) is 1. The summed E-state index contributed by atoms with van der Waals surface area (Å²) in [5, 5.41) is 0.336. The van der Waals surface area contributed by atoms with Crippen molar-refractivity contribution >= 4 is 22.6 Å².